The average Bonchev–Trinajstić information content (AvgIpc) is 2.47. The van der Waals surface area contributed by atoms with Gasteiger partial charge in [0.15, 0.2) is 5.57 Å². The van der Waals surface area contributed by atoms with E-state index in [-0.39, 0.29) is 18.8 Å². The van der Waals surface area contributed by atoms with Gasteiger partial charge in [0.1, 0.15) is 0 Å². The van der Waals surface area contributed by atoms with Crippen molar-refractivity contribution >= 4 is 33.6 Å². The number of anilines is 1. The SMILES string of the molecule is CCOC(=O)C(=CNc1ccc(C(C)C)c(Br)c1)C(=O)OCC. The molecule has 1 aromatic rings. The van der Waals surface area contributed by atoms with E-state index < -0.39 is 11.9 Å². The third-order valence-electron chi connectivity index (χ3n) is 3.00. The Kier molecular flexibility index (Phi) is 7.81. The first-order valence-electron chi connectivity index (χ1n) is 7.51. The Labute approximate surface area is 145 Å². The van der Waals surface area contributed by atoms with Crippen LogP contribution in [0.5, 0.6) is 0 Å². The summed E-state index contributed by atoms with van der Waals surface area (Å²) in [6.07, 6.45) is 1.31. The van der Waals surface area contributed by atoms with Gasteiger partial charge in [0.2, 0.25) is 0 Å². The molecule has 0 aromatic heterocycles. The van der Waals surface area contributed by atoms with Crippen molar-refractivity contribution in [2.45, 2.75) is 33.6 Å². The maximum absolute atomic E-state index is 11.9. The maximum Gasteiger partial charge on any atom is 0.347 e. The lowest BCUT2D eigenvalue weighted by Crippen LogP contribution is -2.19. The molecule has 1 N–H and O–H groups in total. The van der Waals surface area contributed by atoms with Crippen LogP contribution in [0.2, 0.25) is 0 Å². The summed E-state index contributed by atoms with van der Waals surface area (Å²) >= 11 is 3.52. The molecule has 0 atom stereocenters. The molecule has 6 heteroatoms. The second-order valence-corrected chi connectivity index (χ2v) is 5.89. The number of hydrogen-bond acceptors (Lipinski definition) is 5. The van der Waals surface area contributed by atoms with Crippen molar-refractivity contribution in [3.8, 4) is 0 Å². The van der Waals surface area contributed by atoms with E-state index in [0.29, 0.717) is 5.92 Å². The molecule has 0 aliphatic rings. The smallest absolute Gasteiger partial charge is 0.347 e. The molecule has 0 saturated heterocycles. The largest absolute Gasteiger partial charge is 0.462 e. The molecular weight excluding hydrogens is 362 g/mol. The highest BCUT2D eigenvalue weighted by Crippen LogP contribution is 2.27. The monoisotopic (exact) mass is 383 g/mol. The molecule has 0 bridgehead atoms. The van der Waals surface area contributed by atoms with Gasteiger partial charge in [-0.25, -0.2) is 9.59 Å². The number of esters is 2. The summed E-state index contributed by atoms with van der Waals surface area (Å²) in [4.78, 5) is 23.7. The third kappa shape index (κ3) is 5.71. The Morgan fingerprint density at radius 3 is 2.17 bits per heavy atom. The molecule has 0 heterocycles. The number of ether oxygens (including phenoxy) is 2. The number of nitrogens with one attached hydrogen (secondary N) is 1. The van der Waals surface area contributed by atoms with E-state index >= 15 is 0 Å². The van der Waals surface area contributed by atoms with Gasteiger partial charge in [0.25, 0.3) is 0 Å². The van der Waals surface area contributed by atoms with Gasteiger partial charge in [0.05, 0.1) is 13.2 Å². The lowest BCUT2D eigenvalue weighted by Gasteiger charge is -2.11. The summed E-state index contributed by atoms with van der Waals surface area (Å²) < 4.78 is 10.7. The topological polar surface area (TPSA) is 64.6 Å². The van der Waals surface area contributed by atoms with Crippen LogP contribution in [0.3, 0.4) is 0 Å². The van der Waals surface area contributed by atoms with Crippen molar-refractivity contribution in [3.63, 3.8) is 0 Å². The molecule has 0 fully saturated rings. The Bertz CT molecular complexity index is 576. The summed E-state index contributed by atoms with van der Waals surface area (Å²) in [6, 6.07) is 5.75. The molecular formula is C17H22BrNO4. The Morgan fingerprint density at radius 1 is 1.17 bits per heavy atom. The van der Waals surface area contributed by atoms with Crippen LogP contribution in [-0.4, -0.2) is 25.2 Å². The second kappa shape index (κ2) is 9.35. The van der Waals surface area contributed by atoms with Gasteiger partial charge in [-0.2, -0.15) is 0 Å². The van der Waals surface area contributed by atoms with Crippen molar-refractivity contribution in [3.05, 3.63) is 40.0 Å². The fourth-order valence-corrected chi connectivity index (χ4v) is 2.70. The number of halogens is 1. The number of hydrogen-bond donors (Lipinski definition) is 1. The number of rotatable bonds is 7. The van der Waals surface area contributed by atoms with Gasteiger partial charge in [0, 0.05) is 16.4 Å². The molecule has 0 radical (unpaired) electrons. The predicted octanol–water partition coefficient (Wildman–Crippen LogP) is 3.99. The fourth-order valence-electron chi connectivity index (χ4n) is 1.86. The maximum atomic E-state index is 11.9. The van der Waals surface area contributed by atoms with Gasteiger partial charge in [-0.1, -0.05) is 35.8 Å². The fraction of sp³-hybridized carbons (Fsp3) is 0.412. The number of carbonyl (C=O) groups excluding carboxylic acids is 2. The van der Waals surface area contributed by atoms with E-state index in [0.717, 1.165) is 10.2 Å². The summed E-state index contributed by atoms with van der Waals surface area (Å²) in [7, 11) is 0. The standard InChI is InChI=1S/C17H22BrNO4/c1-5-22-16(20)14(17(21)23-6-2)10-19-12-7-8-13(11(3)4)15(18)9-12/h7-11,19H,5-6H2,1-4H3. The van der Waals surface area contributed by atoms with Crippen LogP contribution in [0.25, 0.3) is 0 Å². The normalized spacial score (nSPS) is 10.2. The lowest BCUT2D eigenvalue weighted by atomic mass is 10.0. The molecule has 0 amide bonds. The van der Waals surface area contributed by atoms with E-state index in [2.05, 4.69) is 35.1 Å². The van der Waals surface area contributed by atoms with E-state index in [4.69, 9.17) is 9.47 Å². The van der Waals surface area contributed by atoms with E-state index in [1.165, 1.54) is 11.8 Å². The first kappa shape index (κ1) is 19.2. The zero-order chi connectivity index (χ0) is 17.4. The number of carbonyl (C=O) groups is 2. The minimum Gasteiger partial charge on any atom is -0.462 e. The van der Waals surface area contributed by atoms with Crippen molar-refractivity contribution in [2.24, 2.45) is 0 Å². The molecule has 0 saturated carbocycles. The molecule has 0 aliphatic heterocycles. The zero-order valence-corrected chi connectivity index (χ0v) is 15.4. The molecule has 1 aromatic carbocycles. The summed E-state index contributed by atoms with van der Waals surface area (Å²) in [5.41, 5.74) is 1.75. The van der Waals surface area contributed by atoms with Crippen LogP contribution in [0.4, 0.5) is 5.69 Å². The van der Waals surface area contributed by atoms with E-state index in [1.807, 2.05) is 18.2 Å². The molecule has 0 aliphatic carbocycles. The van der Waals surface area contributed by atoms with E-state index in [1.54, 1.807) is 13.8 Å². The minimum atomic E-state index is -0.712. The third-order valence-corrected chi connectivity index (χ3v) is 3.68. The predicted molar refractivity (Wildman–Crippen MR) is 93.2 cm³/mol. The first-order valence-corrected chi connectivity index (χ1v) is 8.30. The molecule has 0 unspecified atom stereocenters. The average molecular weight is 384 g/mol. The minimum absolute atomic E-state index is 0.169. The van der Waals surface area contributed by atoms with Crippen molar-refractivity contribution in [1.29, 1.82) is 0 Å². The molecule has 0 spiro atoms. The Morgan fingerprint density at radius 2 is 1.74 bits per heavy atom. The van der Waals surface area contributed by atoms with Crippen LogP contribution < -0.4 is 5.32 Å². The highest BCUT2D eigenvalue weighted by atomic mass is 79.9. The van der Waals surface area contributed by atoms with Crippen molar-refractivity contribution in [1.82, 2.24) is 0 Å². The lowest BCUT2D eigenvalue weighted by molar-refractivity contribution is -0.146. The number of benzene rings is 1. The quantitative estimate of drug-likeness (QED) is 0.333. The van der Waals surface area contributed by atoms with Gasteiger partial charge in [-0.05, 0) is 37.5 Å². The van der Waals surface area contributed by atoms with Gasteiger partial charge in [-0.3, -0.25) is 0 Å². The second-order valence-electron chi connectivity index (χ2n) is 5.03. The molecule has 5 nitrogen and oxygen atoms in total. The summed E-state index contributed by atoms with van der Waals surface area (Å²) in [5, 5.41) is 2.94. The Hall–Kier alpha value is -1.82. The van der Waals surface area contributed by atoms with Gasteiger partial charge in [-0.15, -0.1) is 0 Å². The molecule has 126 valence electrons. The van der Waals surface area contributed by atoms with Gasteiger partial charge < -0.3 is 14.8 Å². The summed E-state index contributed by atoms with van der Waals surface area (Å²) in [6.45, 7) is 7.93. The Balaban J connectivity index is 2.98. The van der Waals surface area contributed by atoms with Gasteiger partial charge >= 0.3 is 11.9 Å². The van der Waals surface area contributed by atoms with Crippen LogP contribution in [0, 0.1) is 0 Å². The highest BCUT2D eigenvalue weighted by molar-refractivity contribution is 9.10. The van der Waals surface area contributed by atoms with Crippen molar-refractivity contribution in [2.75, 3.05) is 18.5 Å². The van der Waals surface area contributed by atoms with E-state index in [9.17, 15) is 9.59 Å². The molecule has 1 rings (SSSR count). The van der Waals surface area contributed by atoms with Crippen LogP contribution >= 0.6 is 15.9 Å². The first-order chi connectivity index (χ1) is 10.9. The van der Waals surface area contributed by atoms with Crippen LogP contribution in [0.1, 0.15) is 39.2 Å². The van der Waals surface area contributed by atoms with Crippen molar-refractivity contribution < 1.29 is 19.1 Å². The van der Waals surface area contributed by atoms with Crippen LogP contribution in [-0.2, 0) is 19.1 Å². The summed E-state index contributed by atoms with van der Waals surface area (Å²) in [5.74, 6) is -1.03. The van der Waals surface area contributed by atoms with Crippen LogP contribution in [0.15, 0.2) is 34.4 Å². The zero-order valence-electron chi connectivity index (χ0n) is 13.8. The highest BCUT2D eigenvalue weighted by Gasteiger charge is 2.20. The molecule has 23 heavy (non-hydrogen) atoms.